The molecule has 0 aliphatic rings. The maximum absolute atomic E-state index is 12.4. The van der Waals surface area contributed by atoms with Crippen LogP contribution in [0.15, 0.2) is 42.5 Å². The van der Waals surface area contributed by atoms with E-state index >= 15 is 0 Å². The summed E-state index contributed by atoms with van der Waals surface area (Å²) >= 11 is 0. The van der Waals surface area contributed by atoms with E-state index in [1.165, 1.54) is 21.3 Å². The molecule has 25 heavy (non-hydrogen) atoms. The van der Waals surface area contributed by atoms with Crippen LogP contribution in [0.5, 0.6) is 17.2 Å². The molecule has 0 aromatic heterocycles. The lowest BCUT2D eigenvalue weighted by Gasteiger charge is -2.19. The Morgan fingerprint density at radius 2 is 1.60 bits per heavy atom. The van der Waals surface area contributed by atoms with Crippen molar-refractivity contribution in [1.82, 2.24) is 5.32 Å². The molecule has 2 N–H and O–H groups in total. The molecule has 2 rings (SSSR count). The third kappa shape index (κ3) is 4.56. The molecule has 6 heteroatoms. The fraction of sp³-hybridized carbons (Fsp3) is 0.316. The summed E-state index contributed by atoms with van der Waals surface area (Å²) in [7, 11) is 4.60. The van der Waals surface area contributed by atoms with Gasteiger partial charge in [0.1, 0.15) is 0 Å². The summed E-state index contributed by atoms with van der Waals surface area (Å²) in [6.45, 7) is 2.03. The first-order valence-electron chi connectivity index (χ1n) is 8.05. The zero-order chi connectivity index (χ0) is 18.2. The van der Waals surface area contributed by atoms with Crippen molar-refractivity contribution in [2.24, 2.45) is 0 Å². The predicted molar refractivity (Wildman–Crippen MR) is 97.7 cm³/mol. The molecule has 2 amide bonds. The van der Waals surface area contributed by atoms with Gasteiger partial charge in [0.15, 0.2) is 11.5 Å². The summed E-state index contributed by atoms with van der Waals surface area (Å²) in [6, 6.07) is 12.9. The molecule has 0 fully saturated rings. The normalized spacial score (nSPS) is 11.4. The van der Waals surface area contributed by atoms with E-state index in [4.69, 9.17) is 14.2 Å². The van der Waals surface area contributed by atoms with E-state index in [2.05, 4.69) is 10.6 Å². The van der Waals surface area contributed by atoms with Gasteiger partial charge in [-0.3, -0.25) is 0 Å². The molecular formula is C19H24N2O4. The first kappa shape index (κ1) is 18.4. The lowest BCUT2D eigenvalue weighted by molar-refractivity contribution is 0.248. The van der Waals surface area contributed by atoms with Crippen LogP contribution in [0.4, 0.5) is 10.5 Å². The third-order valence-corrected chi connectivity index (χ3v) is 3.84. The summed E-state index contributed by atoms with van der Waals surface area (Å²) in [4.78, 5) is 12.4. The predicted octanol–water partition coefficient (Wildman–Crippen LogP) is 3.99. The first-order chi connectivity index (χ1) is 12.1. The Balaban J connectivity index is 2.14. The molecule has 2 aromatic carbocycles. The number of ether oxygens (including phenoxy) is 3. The van der Waals surface area contributed by atoms with Crippen molar-refractivity contribution in [2.75, 3.05) is 26.6 Å². The maximum Gasteiger partial charge on any atom is 0.319 e. The minimum Gasteiger partial charge on any atom is -0.493 e. The number of rotatable bonds is 7. The van der Waals surface area contributed by atoms with Crippen molar-refractivity contribution in [3.8, 4) is 17.2 Å². The zero-order valence-electron chi connectivity index (χ0n) is 15.0. The molecule has 0 radical (unpaired) electrons. The van der Waals surface area contributed by atoms with Crippen LogP contribution in [0.1, 0.15) is 24.9 Å². The average Bonchev–Trinajstić information content (AvgIpc) is 2.65. The van der Waals surface area contributed by atoms with Gasteiger partial charge in [0, 0.05) is 12.1 Å². The molecule has 1 atom stereocenters. The van der Waals surface area contributed by atoms with Gasteiger partial charge in [0.2, 0.25) is 5.75 Å². The summed E-state index contributed by atoms with van der Waals surface area (Å²) in [5, 5.41) is 5.78. The van der Waals surface area contributed by atoms with Crippen LogP contribution in [-0.2, 0) is 0 Å². The molecular weight excluding hydrogens is 320 g/mol. The minimum absolute atomic E-state index is 0.0664. The van der Waals surface area contributed by atoms with Crippen molar-refractivity contribution in [3.63, 3.8) is 0 Å². The molecule has 0 saturated heterocycles. The largest absolute Gasteiger partial charge is 0.493 e. The van der Waals surface area contributed by atoms with Gasteiger partial charge in [-0.1, -0.05) is 37.3 Å². The second kappa shape index (κ2) is 8.82. The van der Waals surface area contributed by atoms with Crippen LogP contribution < -0.4 is 24.8 Å². The van der Waals surface area contributed by atoms with Crippen LogP contribution >= 0.6 is 0 Å². The molecule has 0 bridgehead atoms. The molecule has 0 aliphatic carbocycles. The highest BCUT2D eigenvalue weighted by Gasteiger charge is 2.16. The maximum atomic E-state index is 12.4. The first-order valence-corrected chi connectivity index (χ1v) is 8.05. The second-order valence-electron chi connectivity index (χ2n) is 5.38. The number of hydrogen-bond acceptors (Lipinski definition) is 4. The SMILES string of the molecule is CCC(NC(=O)Nc1cc(OC)c(OC)c(OC)c1)c1ccccc1. The van der Waals surface area contributed by atoms with Crippen molar-refractivity contribution >= 4 is 11.7 Å². The summed E-state index contributed by atoms with van der Waals surface area (Å²) < 4.78 is 15.9. The fourth-order valence-corrected chi connectivity index (χ4v) is 2.59. The molecule has 0 saturated carbocycles. The number of benzene rings is 2. The number of carbonyl (C=O) groups is 1. The topological polar surface area (TPSA) is 68.8 Å². The molecule has 1 unspecified atom stereocenters. The molecule has 0 heterocycles. The van der Waals surface area contributed by atoms with Crippen molar-refractivity contribution in [2.45, 2.75) is 19.4 Å². The van der Waals surface area contributed by atoms with Crippen LogP contribution in [0.25, 0.3) is 0 Å². The standard InChI is InChI=1S/C19H24N2O4/c1-5-15(13-9-7-6-8-10-13)21-19(22)20-14-11-16(23-2)18(25-4)17(12-14)24-3/h6-12,15H,5H2,1-4H3,(H2,20,21,22). The van der Waals surface area contributed by atoms with Gasteiger partial charge in [-0.15, -0.1) is 0 Å². The average molecular weight is 344 g/mol. The van der Waals surface area contributed by atoms with E-state index < -0.39 is 0 Å². The van der Waals surface area contributed by atoms with Crippen LogP contribution in [0, 0.1) is 0 Å². The minimum atomic E-state index is -0.301. The Bertz CT molecular complexity index is 679. The Labute approximate surface area is 148 Å². The van der Waals surface area contributed by atoms with Crippen molar-refractivity contribution < 1.29 is 19.0 Å². The highest BCUT2D eigenvalue weighted by molar-refractivity contribution is 5.90. The monoisotopic (exact) mass is 344 g/mol. The smallest absolute Gasteiger partial charge is 0.319 e. The Hall–Kier alpha value is -2.89. The van der Waals surface area contributed by atoms with Gasteiger partial charge >= 0.3 is 6.03 Å². The number of nitrogens with one attached hydrogen (secondary N) is 2. The number of carbonyl (C=O) groups excluding carboxylic acids is 1. The zero-order valence-corrected chi connectivity index (χ0v) is 15.0. The Kier molecular flexibility index (Phi) is 6.51. The van der Waals surface area contributed by atoms with Gasteiger partial charge in [-0.25, -0.2) is 4.79 Å². The van der Waals surface area contributed by atoms with Crippen LogP contribution in [0.2, 0.25) is 0 Å². The van der Waals surface area contributed by atoms with Gasteiger partial charge < -0.3 is 24.8 Å². The number of amides is 2. The van der Waals surface area contributed by atoms with Crippen molar-refractivity contribution in [3.05, 3.63) is 48.0 Å². The molecule has 2 aromatic rings. The number of methoxy groups -OCH3 is 3. The number of urea groups is 1. The second-order valence-corrected chi connectivity index (χ2v) is 5.38. The number of hydrogen-bond donors (Lipinski definition) is 2. The highest BCUT2D eigenvalue weighted by atomic mass is 16.5. The van der Waals surface area contributed by atoms with Crippen LogP contribution in [-0.4, -0.2) is 27.4 Å². The third-order valence-electron chi connectivity index (χ3n) is 3.84. The molecule has 134 valence electrons. The Morgan fingerprint density at radius 3 is 2.08 bits per heavy atom. The molecule has 0 spiro atoms. The van der Waals surface area contributed by atoms with E-state index in [1.54, 1.807) is 12.1 Å². The van der Waals surface area contributed by atoms with E-state index in [-0.39, 0.29) is 12.1 Å². The van der Waals surface area contributed by atoms with Gasteiger partial charge in [-0.05, 0) is 12.0 Å². The highest BCUT2D eigenvalue weighted by Crippen LogP contribution is 2.39. The number of anilines is 1. The fourth-order valence-electron chi connectivity index (χ4n) is 2.59. The Morgan fingerprint density at radius 1 is 1.00 bits per heavy atom. The lowest BCUT2D eigenvalue weighted by atomic mass is 10.1. The molecule has 6 nitrogen and oxygen atoms in total. The summed E-state index contributed by atoms with van der Waals surface area (Å²) in [6.07, 6.45) is 0.784. The van der Waals surface area contributed by atoms with E-state index in [0.29, 0.717) is 22.9 Å². The lowest BCUT2D eigenvalue weighted by Crippen LogP contribution is -2.32. The quantitative estimate of drug-likeness (QED) is 0.797. The van der Waals surface area contributed by atoms with Gasteiger partial charge in [0.25, 0.3) is 0 Å². The van der Waals surface area contributed by atoms with E-state index in [9.17, 15) is 4.79 Å². The van der Waals surface area contributed by atoms with E-state index in [1.807, 2.05) is 37.3 Å². The van der Waals surface area contributed by atoms with Gasteiger partial charge in [0.05, 0.1) is 33.1 Å². The molecule has 0 aliphatic heterocycles. The van der Waals surface area contributed by atoms with Gasteiger partial charge in [-0.2, -0.15) is 0 Å². The van der Waals surface area contributed by atoms with Crippen LogP contribution in [0.3, 0.4) is 0 Å². The summed E-state index contributed by atoms with van der Waals surface area (Å²) in [5.74, 6) is 1.44. The van der Waals surface area contributed by atoms with E-state index in [0.717, 1.165) is 12.0 Å². The summed E-state index contributed by atoms with van der Waals surface area (Å²) in [5.41, 5.74) is 1.61. The van der Waals surface area contributed by atoms with Crippen molar-refractivity contribution in [1.29, 1.82) is 0 Å².